The molecule has 8 aromatic rings. The van der Waals surface area contributed by atoms with Crippen LogP contribution in [0.5, 0.6) is 11.5 Å². The Morgan fingerprint density at radius 2 is 0.857 bits per heavy atom. The third-order valence-electron chi connectivity index (χ3n) is 11.4. The first-order valence-electron chi connectivity index (χ1n) is 19.1. The highest BCUT2D eigenvalue weighted by atomic mass is 16.5. The van der Waals surface area contributed by atoms with E-state index in [0.717, 1.165) is 67.7 Å². The molecule has 2 aliphatic heterocycles. The van der Waals surface area contributed by atoms with Crippen LogP contribution in [-0.4, -0.2) is 11.7 Å². The fourth-order valence-electron chi connectivity index (χ4n) is 8.98. The average Bonchev–Trinajstić information content (AvgIpc) is 3.57. The molecule has 264 valence electrons. The van der Waals surface area contributed by atoms with Gasteiger partial charge in [0.15, 0.2) is 6.17 Å². The van der Waals surface area contributed by atoms with Crippen molar-refractivity contribution in [1.29, 1.82) is 0 Å². The van der Waals surface area contributed by atoms with Crippen LogP contribution < -0.4 is 10.1 Å². The van der Waals surface area contributed by atoms with Crippen molar-refractivity contribution in [2.45, 2.75) is 11.6 Å². The summed E-state index contributed by atoms with van der Waals surface area (Å²) in [5.74, 6) is 3.37. The quantitative estimate of drug-likeness (QED) is 0.193. The van der Waals surface area contributed by atoms with Gasteiger partial charge in [-0.25, -0.2) is 9.98 Å². The van der Waals surface area contributed by atoms with E-state index in [-0.39, 0.29) is 6.17 Å². The van der Waals surface area contributed by atoms with Crippen LogP contribution >= 0.6 is 0 Å². The van der Waals surface area contributed by atoms with E-state index in [0.29, 0.717) is 0 Å². The summed E-state index contributed by atoms with van der Waals surface area (Å²) in [6, 6.07) is 70.8. The van der Waals surface area contributed by atoms with Crippen molar-refractivity contribution in [2.24, 2.45) is 9.98 Å². The molecule has 2 heterocycles. The van der Waals surface area contributed by atoms with E-state index in [9.17, 15) is 0 Å². The van der Waals surface area contributed by atoms with Crippen LogP contribution in [-0.2, 0) is 5.41 Å². The number of amidine groups is 2. The molecule has 0 aromatic heterocycles. The van der Waals surface area contributed by atoms with Crippen molar-refractivity contribution < 1.29 is 4.74 Å². The Morgan fingerprint density at radius 3 is 1.54 bits per heavy atom. The Hall–Kier alpha value is -7.30. The predicted octanol–water partition coefficient (Wildman–Crippen LogP) is 12.0. The molecule has 1 spiro atoms. The molecule has 0 saturated carbocycles. The van der Waals surface area contributed by atoms with Gasteiger partial charge in [-0.15, -0.1) is 0 Å². The number of ether oxygens (including phenoxy) is 1. The Balaban J connectivity index is 1.02. The van der Waals surface area contributed by atoms with E-state index >= 15 is 0 Å². The largest absolute Gasteiger partial charge is 0.456 e. The highest BCUT2D eigenvalue weighted by Gasteiger charge is 2.51. The molecule has 4 heteroatoms. The highest BCUT2D eigenvalue weighted by Crippen LogP contribution is 2.63. The van der Waals surface area contributed by atoms with Gasteiger partial charge in [-0.3, -0.25) is 0 Å². The molecule has 3 aliphatic rings. The monoisotopic (exact) mass is 717 g/mol. The Morgan fingerprint density at radius 1 is 0.375 bits per heavy atom. The van der Waals surface area contributed by atoms with Crippen LogP contribution in [0.2, 0.25) is 0 Å². The number of nitrogens with zero attached hydrogens (tertiary/aromatic N) is 2. The molecule has 8 aromatic carbocycles. The zero-order valence-corrected chi connectivity index (χ0v) is 30.4. The zero-order chi connectivity index (χ0) is 37.1. The summed E-state index contributed by atoms with van der Waals surface area (Å²) in [6.45, 7) is 0. The Kier molecular flexibility index (Phi) is 7.42. The SMILES string of the molecule is c1ccc(C2=NC(c3ccccc3)N=C(c3ccc(-c4ccccc4-c4cccc5c4Oc4ccccc4C54c5ccccc5-c5ccccc54)cc3)N2)cc1. The van der Waals surface area contributed by atoms with Crippen molar-refractivity contribution in [3.05, 3.63) is 239 Å². The summed E-state index contributed by atoms with van der Waals surface area (Å²) >= 11 is 0. The summed E-state index contributed by atoms with van der Waals surface area (Å²) in [5, 5.41) is 3.55. The maximum Gasteiger partial charge on any atom is 0.169 e. The highest BCUT2D eigenvalue weighted by molar-refractivity contribution is 6.16. The van der Waals surface area contributed by atoms with Gasteiger partial charge in [0.1, 0.15) is 23.2 Å². The van der Waals surface area contributed by atoms with Gasteiger partial charge in [-0.1, -0.05) is 194 Å². The molecule has 56 heavy (non-hydrogen) atoms. The molecule has 0 saturated heterocycles. The van der Waals surface area contributed by atoms with Crippen LogP contribution in [0.3, 0.4) is 0 Å². The molecular weight excluding hydrogens is 683 g/mol. The summed E-state index contributed by atoms with van der Waals surface area (Å²) in [7, 11) is 0. The molecule has 0 fully saturated rings. The fourth-order valence-corrected chi connectivity index (χ4v) is 8.98. The third-order valence-corrected chi connectivity index (χ3v) is 11.4. The fraction of sp³-hybridized carbons (Fsp3) is 0.0385. The van der Waals surface area contributed by atoms with E-state index in [1.807, 2.05) is 36.4 Å². The number of aliphatic imine (C=N–C) groups is 2. The van der Waals surface area contributed by atoms with Crippen molar-refractivity contribution in [2.75, 3.05) is 0 Å². The molecule has 0 radical (unpaired) electrons. The minimum absolute atomic E-state index is 0.348. The van der Waals surface area contributed by atoms with E-state index in [4.69, 9.17) is 14.7 Å². The van der Waals surface area contributed by atoms with Gasteiger partial charge < -0.3 is 10.1 Å². The van der Waals surface area contributed by atoms with E-state index < -0.39 is 5.41 Å². The molecular formula is C52H35N3O. The maximum absolute atomic E-state index is 7.03. The topological polar surface area (TPSA) is 46.0 Å². The van der Waals surface area contributed by atoms with Crippen molar-refractivity contribution in [3.8, 4) is 44.9 Å². The van der Waals surface area contributed by atoms with E-state index in [1.165, 1.54) is 27.8 Å². The van der Waals surface area contributed by atoms with Gasteiger partial charge in [0, 0.05) is 27.8 Å². The minimum Gasteiger partial charge on any atom is -0.456 e. The minimum atomic E-state index is -0.517. The third kappa shape index (κ3) is 4.93. The van der Waals surface area contributed by atoms with E-state index in [2.05, 4.69) is 169 Å². The van der Waals surface area contributed by atoms with Crippen LogP contribution in [0.1, 0.15) is 45.1 Å². The van der Waals surface area contributed by atoms with Gasteiger partial charge in [-0.2, -0.15) is 0 Å². The first-order valence-corrected chi connectivity index (χ1v) is 19.1. The van der Waals surface area contributed by atoms with Gasteiger partial charge >= 0.3 is 0 Å². The molecule has 1 unspecified atom stereocenters. The summed E-state index contributed by atoms with van der Waals surface area (Å²) in [5.41, 5.74) is 14.4. The summed E-state index contributed by atoms with van der Waals surface area (Å²) < 4.78 is 7.03. The zero-order valence-electron chi connectivity index (χ0n) is 30.4. The Labute approximate surface area is 326 Å². The molecule has 1 aliphatic carbocycles. The Bertz CT molecular complexity index is 2810. The number of benzene rings is 8. The van der Waals surface area contributed by atoms with Crippen molar-refractivity contribution >= 4 is 11.7 Å². The van der Waals surface area contributed by atoms with E-state index in [1.54, 1.807) is 0 Å². The lowest BCUT2D eigenvalue weighted by Crippen LogP contribution is -2.36. The lowest BCUT2D eigenvalue weighted by molar-refractivity contribution is 0.438. The number of nitrogens with one attached hydrogen (secondary N) is 1. The number of hydrogen-bond acceptors (Lipinski definition) is 4. The first-order chi connectivity index (χ1) is 27.8. The lowest BCUT2D eigenvalue weighted by atomic mass is 9.65. The number of para-hydroxylation sites is 2. The molecule has 1 atom stereocenters. The van der Waals surface area contributed by atoms with Crippen LogP contribution in [0.25, 0.3) is 33.4 Å². The maximum atomic E-state index is 7.03. The second-order valence-corrected chi connectivity index (χ2v) is 14.5. The average molecular weight is 718 g/mol. The van der Waals surface area contributed by atoms with Crippen molar-refractivity contribution in [3.63, 3.8) is 0 Å². The number of fused-ring (bicyclic) bond motifs is 9. The molecule has 1 N–H and O–H groups in total. The number of hydrogen-bond donors (Lipinski definition) is 1. The lowest BCUT2D eigenvalue weighted by Gasteiger charge is -2.40. The normalized spacial score (nSPS) is 15.6. The molecule has 11 rings (SSSR count). The standard InChI is InChI=1S/C52H35N3O/c1-3-16-35(17-4-1)49-53-50(36-18-5-2-6-19-36)55-51(54-49)37-32-30-34(31-33-37)38-20-7-8-21-39(38)42-24-15-28-46-48(42)56-47-29-14-13-27-45(47)52(46)43-25-11-9-22-40(43)41-23-10-12-26-44(41)52/h1-33,49H,(H,53,54,55). The van der Waals surface area contributed by atoms with Gasteiger partial charge in [0.05, 0.1) is 5.41 Å². The second kappa shape index (κ2) is 12.9. The van der Waals surface area contributed by atoms with Gasteiger partial charge in [0.25, 0.3) is 0 Å². The van der Waals surface area contributed by atoms with Crippen molar-refractivity contribution in [1.82, 2.24) is 5.32 Å². The smallest absolute Gasteiger partial charge is 0.169 e. The van der Waals surface area contributed by atoms with Gasteiger partial charge in [-0.05, 0) is 50.6 Å². The molecule has 0 amide bonds. The van der Waals surface area contributed by atoms with Crippen LogP contribution in [0.4, 0.5) is 0 Å². The van der Waals surface area contributed by atoms with Crippen LogP contribution in [0, 0.1) is 0 Å². The summed E-state index contributed by atoms with van der Waals surface area (Å²) in [6.07, 6.45) is -0.348. The molecule has 0 bridgehead atoms. The first kappa shape index (κ1) is 32.2. The second-order valence-electron chi connectivity index (χ2n) is 14.5. The summed E-state index contributed by atoms with van der Waals surface area (Å²) in [4.78, 5) is 10.1. The van der Waals surface area contributed by atoms with Gasteiger partial charge in [0.2, 0.25) is 0 Å². The number of rotatable bonds is 5. The molecule has 4 nitrogen and oxygen atoms in total. The predicted molar refractivity (Wildman–Crippen MR) is 227 cm³/mol. The van der Waals surface area contributed by atoms with Crippen LogP contribution in [0.15, 0.2) is 210 Å².